The summed E-state index contributed by atoms with van der Waals surface area (Å²) in [7, 11) is -3.59. The highest BCUT2D eigenvalue weighted by Gasteiger charge is 2.26. The average molecular weight is 387 g/mol. The lowest BCUT2D eigenvalue weighted by Crippen LogP contribution is -2.32. The van der Waals surface area contributed by atoms with Crippen molar-refractivity contribution in [3.05, 3.63) is 28.8 Å². The maximum Gasteiger partial charge on any atom is 0.252 e. The van der Waals surface area contributed by atoms with Crippen molar-refractivity contribution < 1.29 is 13.2 Å². The molecule has 0 radical (unpaired) electrons. The molecular formula is C18H27ClN2O3S. The Kier molecular flexibility index (Phi) is 7.72. The van der Waals surface area contributed by atoms with Gasteiger partial charge in [-0.25, -0.2) is 8.42 Å². The summed E-state index contributed by atoms with van der Waals surface area (Å²) in [4.78, 5) is 12.5. The van der Waals surface area contributed by atoms with Crippen molar-refractivity contribution in [3.8, 4) is 0 Å². The average Bonchev–Trinajstić information content (AvgIpc) is 2.88. The molecule has 5 nitrogen and oxygen atoms in total. The Bertz CT molecular complexity index is 684. The van der Waals surface area contributed by atoms with Gasteiger partial charge in [0.05, 0.1) is 15.5 Å². The molecule has 0 bridgehead atoms. The quantitative estimate of drug-likeness (QED) is 0.724. The minimum atomic E-state index is -3.59. The summed E-state index contributed by atoms with van der Waals surface area (Å²) >= 11 is 6.12. The lowest BCUT2D eigenvalue weighted by atomic mass is 10.2. The first-order valence-corrected chi connectivity index (χ1v) is 10.9. The van der Waals surface area contributed by atoms with Gasteiger partial charge in [-0.2, -0.15) is 4.31 Å². The van der Waals surface area contributed by atoms with Crippen molar-refractivity contribution >= 4 is 27.5 Å². The first-order valence-electron chi connectivity index (χ1n) is 9.04. The second-order valence-corrected chi connectivity index (χ2v) is 8.77. The van der Waals surface area contributed by atoms with E-state index in [1.807, 2.05) is 0 Å². The van der Waals surface area contributed by atoms with Crippen molar-refractivity contribution in [2.75, 3.05) is 19.6 Å². The molecule has 1 aliphatic heterocycles. The van der Waals surface area contributed by atoms with Crippen molar-refractivity contribution in [3.63, 3.8) is 0 Å². The van der Waals surface area contributed by atoms with E-state index in [-0.39, 0.29) is 21.4 Å². The van der Waals surface area contributed by atoms with Gasteiger partial charge >= 0.3 is 0 Å². The third-order valence-electron chi connectivity index (χ3n) is 4.45. The van der Waals surface area contributed by atoms with E-state index in [0.717, 1.165) is 44.9 Å². The summed E-state index contributed by atoms with van der Waals surface area (Å²) < 4.78 is 27.3. The Hall–Kier alpha value is -1.11. The van der Waals surface area contributed by atoms with E-state index < -0.39 is 10.0 Å². The number of rotatable bonds is 7. The molecule has 1 amide bonds. The normalized spacial score (nSPS) is 16.4. The van der Waals surface area contributed by atoms with Gasteiger partial charge in [-0.05, 0) is 37.5 Å². The van der Waals surface area contributed by atoms with E-state index in [9.17, 15) is 13.2 Å². The van der Waals surface area contributed by atoms with Crippen molar-refractivity contribution in [2.45, 2.75) is 56.8 Å². The standard InChI is InChI=1S/C18H27ClN2O3S/c1-2-3-6-11-20-18(22)16-14-15(9-10-17(16)19)25(23,24)21-12-7-4-5-8-13-21/h9-10,14H,2-8,11-13H2,1H3,(H,20,22). The Labute approximate surface area is 155 Å². The van der Waals surface area contributed by atoms with Gasteiger partial charge in [0, 0.05) is 19.6 Å². The molecule has 0 saturated carbocycles. The van der Waals surface area contributed by atoms with Crippen LogP contribution < -0.4 is 5.32 Å². The largest absolute Gasteiger partial charge is 0.352 e. The highest BCUT2D eigenvalue weighted by atomic mass is 35.5. The fourth-order valence-corrected chi connectivity index (χ4v) is 4.69. The summed E-state index contributed by atoms with van der Waals surface area (Å²) in [6.45, 7) is 3.72. The number of benzene rings is 1. The zero-order chi connectivity index (χ0) is 18.3. The summed E-state index contributed by atoms with van der Waals surface area (Å²) in [5.41, 5.74) is 0.217. The van der Waals surface area contributed by atoms with Crippen LogP contribution in [0.1, 0.15) is 62.2 Å². The van der Waals surface area contributed by atoms with Crippen LogP contribution in [0, 0.1) is 0 Å². The summed E-state index contributed by atoms with van der Waals surface area (Å²) in [6.07, 6.45) is 6.86. The monoisotopic (exact) mass is 386 g/mol. The summed E-state index contributed by atoms with van der Waals surface area (Å²) in [6, 6.07) is 4.38. The predicted molar refractivity (Wildman–Crippen MR) is 101 cm³/mol. The van der Waals surface area contributed by atoms with E-state index in [1.165, 1.54) is 22.5 Å². The van der Waals surface area contributed by atoms with Crippen molar-refractivity contribution in [2.24, 2.45) is 0 Å². The smallest absolute Gasteiger partial charge is 0.252 e. The third-order valence-corrected chi connectivity index (χ3v) is 6.68. The zero-order valence-electron chi connectivity index (χ0n) is 14.8. The number of carbonyl (C=O) groups excluding carboxylic acids is 1. The fraction of sp³-hybridized carbons (Fsp3) is 0.611. The highest BCUT2D eigenvalue weighted by Crippen LogP contribution is 2.25. The van der Waals surface area contributed by atoms with Crippen LogP contribution in [0.4, 0.5) is 0 Å². The summed E-state index contributed by atoms with van der Waals surface area (Å²) in [5, 5.41) is 3.08. The van der Waals surface area contributed by atoms with Crippen LogP contribution in [0.5, 0.6) is 0 Å². The van der Waals surface area contributed by atoms with Crippen molar-refractivity contribution in [1.82, 2.24) is 9.62 Å². The van der Waals surface area contributed by atoms with Crippen LogP contribution in [-0.2, 0) is 10.0 Å². The van der Waals surface area contributed by atoms with Gasteiger partial charge in [0.2, 0.25) is 10.0 Å². The van der Waals surface area contributed by atoms with Crippen LogP contribution in [0.25, 0.3) is 0 Å². The van der Waals surface area contributed by atoms with Gasteiger partial charge in [0.15, 0.2) is 0 Å². The third kappa shape index (κ3) is 5.43. The number of nitrogens with zero attached hydrogens (tertiary/aromatic N) is 1. The molecule has 0 atom stereocenters. The lowest BCUT2D eigenvalue weighted by Gasteiger charge is -2.20. The van der Waals surface area contributed by atoms with Gasteiger partial charge in [-0.3, -0.25) is 4.79 Å². The van der Waals surface area contributed by atoms with Gasteiger partial charge in [0.25, 0.3) is 5.91 Å². The van der Waals surface area contributed by atoms with Gasteiger partial charge in [-0.15, -0.1) is 0 Å². The van der Waals surface area contributed by atoms with Gasteiger partial charge < -0.3 is 5.32 Å². The lowest BCUT2D eigenvalue weighted by molar-refractivity contribution is 0.0953. The number of halogens is 1. The van der Waals surface area contributed by atoms with Crippen molar-refractivity contribution in [1.29, 1.82) is 0 Å². The predicted octanol–water partition coefficient (Wildman–Crippen LogP) is 3.82. The van der Waals surface area contributed by atoms with Crippen LogP contribution >= 0.6 is 11.6 Å². The molecule has 1 saturated heterocycles. The molecule has 1 fully saturated rings. The Morgan fingerprint density at radius 1 is 1.16 bits per heavy atom. The Morgan fingerprint density at radius 3 is 2.48 bits per heavy atom. The molecule has 0 spiro atoms. The number of amides is 1. The minimum absolute atomic E-state index is 0.137. The second kappa shape index (κ2) is 9.55. The van der Waals surface area contributed by atoms with Crippen LogP contribution in [-0.4, -0.2) is 38.3 Å². The molecule has 0 aliphatic carbocycles. The number of carbonyl (C=O) groups is 1. The van der Waals surface area contributed by atoms with Gasteiger partial charge in [0.1, 0.15) is 0 Å². The fourth-order valence-electron chi connectivity index (χ4n) is 2.94. The molecule has 0 aromatic heterocycles. The maximum absolute atomic E-state index is 12.9. The molecule has 0 unspecified atom stereocenters. The summed E-state index contributed by atoms with van der Waals surface area (Å²) in [5.74, 6) is -0.325. The second-order valence-electron chi connectivity index (χ2n) is 6.42. The molecule has 1 aliphatic rings. The zero-order valence-corrected chi connectivity index (χ0v) is 16.3. The first kappa shape index (κ1) is 20.2. The first-order chi connectivity index (χ1) is 12.0. The topological polar surface area (TPSA) is 66.5 Å². The number of nitrogens with one attached hydrogen (secondary N) is 1. The molecular weight excluding hydrogens is 360 g/mol. The van der Waals surface area contributed by atoms with E-state index in [2.05, 4.69) is 12.2 Å². The number of hydrogen-bond donors (Lipinski definition) is 1. The molecule has 7 heteroatoms. The Balaban J connectivity index is 2.17. The van der Waals surface area contributed by atoms with Crippen LogP contribution in [0.3, 0.4) is 0 Å². The maximum atomic E-state index is 12.9. The van der Waals surface area contributed by atoms with E-state index in [1.54, 1.807) is 0 Å². The van der Waals surface area contributed by atoms with E-state index >= 15 is 0 Å². The number of unbranched alkanes of at least 4 members (excludes halogenated alkanes) is 2. The molecule has 1 N–H and O–H groups in total. The number of hydrogen-bond acceptors (Lipinski definition) is 3. The van der Waals surface area contributed by atoms with E-state index in [0.29, 0.717) is 19.6 Å². The SMILES string of the molecule is CCCCCNC(=O)c1cc(S(=O)(=O)N2CCCCCC2)ccc1Cl. The van der Waals surface area contributed by atoms with Crippen LogP contribution in [0.15, 0.2) is 23.1 Å². The number of sulfonamides is 1. The molecule has 1 aromatic rings. The van der Waals surface area contributed by atoms with Gasteiger partial charge in [-0.1, -0.05) is 44.2 Å². The minimum Gasteiger partial charge on any atom is -0.352 e. The molecule has 2 rings (SSSR count). The Morgan fingerprint density at radius 2 is 1.84 bits per heavy atom. The highest BCUT2D eigenvalue weighted by molar-refractivity contribution is 7.89. The molecule has 1 aromatic carbocycles. The molecule has 25 heavy (non-hydrogen) atoms. The van der Waals surface area contributed by atoms with E-state index in [4.69, 9.17) is 11.6 Å². The molecule has 140 valence electrons. The van der Waals surface area contributed by atoms with Crippen LogP contribution in [0.2, 0.25) is 5.02 Å². The molecule has 1 heterocycles.